The van der Waals surface area contributed by atoms with E-state index in [9.17, 15) is 4.79 Å². The van der Waals surface area contributed by atoms with Crippen molar-refractivity contribution in [2.24, 2.45) is 5.92 Å². The molecule has 0 atom stereocenters. The molecule has 3 heteroatoms. The molecule has 0 bridgehead atoms. The van der Waals surface area contributed by atoms with Crippen LogP contribution in [0.4, 0.5) is 0 Å². The lowest BCUT2D eigenvalue weighted by atomic mass is 9.89. The summed E-state index contributed by atoms with van der Waals surface area (Å²) in [5, 5.41) is 0. The van der Waals surface area contributed by atoms with Gasteiger partial charge in [0.15, 0.2) is 0 Å². The molecule has 1 aliphatic rings. The van der Waals surface area contributed by atoms with Gasteiger partial charge in [0, 0.05) is 18.3 Å². The Morgan fingerprint density at radius 3 is 2.69 bits per heavy atom. The van der Waals surface area contributed by atoms with Crippen molar-refractivity contribution in [3.8, 4) is 0 Å². The highest BCUT2D eigenvalue weighted by Crippen LogP contribution is 2.24. The van der Waals surface area contributed by atoms with Crippen LogP contribution in [0, 0.1) is 5.92 Å². The van der Waals surface area contributed by atoms with Gasteiger partial charge in [-0.25, -0.2) is 4.98 Å². The average molecular weight is 178 g/mol. The van der Waals surface area contributed by atoms with E-state index in [0.717, 1.165) is 12.8 Å². The second kappa shape index (κ2) is 3.73. The molecule has 1 aliphatic carbocycles. The third-order valence-electron chi connectivity index (χ3n) is 2.71. The number of aromatic nitrogens is 2. The van der Waals surface area contributed by atoms with Crippen molar-refractivity contribution in [2.45, 2.75) is 32.1 Å². The minimum Gasteiger partial charge on any atom is -0.276 e. The molecule has 3 nitrogen and oxygen atoms in total. The molecule has 0 radical (unpaired) electrons. The molecule has 0 saturated heterocycles. The second-order valence-corrected chi connectivity index (χ2v) is 3.64. The van der Waals surface area contributed by atoms with E-state index < -0.39 is 0 Å². The van der Waals surface area contributed by atoms with Gasteiger partial charge in [0.1, 0.15) is 6.33 Å². The summed E-state index contributed by atoms with van der Waals surface area (Å²) in [5.41, 5.74) is 0. The molecule has 0 aliphatic heterocycles. The smallest absolute Gasteiger partial charge is 0.234 e. The summed E-state index contributed by atoms with van der Waals surface area (Å²) in [4.78, 5) is 15.7. The highest BCUT2D eigenvalue weighted by molar-refractivity contribution is 5.81. The van der Waals surface area contributed by atoms with Crippen LogP contribution in [0.15, 0.2) is 18.7 Å². The number of nitrogens with zero attached hydrogens (tertiary/aromatic N) is 2. The molecule has 70 valence electrons. The topological polar surface area (TPSA) is 34.9 Å². The highest BCUT2D eigenvalue weighted by atomic mass is 16.2. The van der Waals surface area contributed by atoms with Crippen LogP contribution in [0.5, 0.6) is 0 Å². The summed E-state index contributed by atoms with van der Waals surface area (Å²) in [7, 11) is 0. The van der Waals surface area contributed by atoms with Crippen LogP contribution in [-0.4, -0.2) is 15.5 Å². The SMILES string of the molecule is O=C(C1CCCCC1)n1ccnc1. The molecule has 2 rings (SSSR count). The van der Waals surface area contributed by atoms with E-state index >= 15 is 0 Å². The Hall–Kier alpha value is -1.12. The number of carbonyl (C=O) groups is 1. The maximum absolute atomic E-state index is 11.8. The number of carbonyl (C=O) groups excluding carboxylic acids is 1. The van der Waals surface area contributed by atoms with Crippen LogP contribution in [-0.2, 0) is 0 Å². The van der Waals surface area contributed by atoms with Crippen LogP contribution < -0.4 is 0 Å². The van der Waals surface area contributed by atoms with E-state index in [-0.39, 0.29) is 11.8 Å². The van der Waals surface area contributed by atoms with E-state index in [0.29, 0.717) is 0 Å². The van der Waals surface area contributed by atoms with Gasteiger partial charge in [0.25, 0.3) is 0 Å². The van der Waals surface area contributed by atoms with Crippen molar-refractivity contribution in [2.75, 3.05) is 0 Å². The van der Waals surface area contributed by atoms with Crippen LogP contribution >= 0.6 is 0 Å². The zero-order chi connectivity index (χ0) is 9.10. The zero-order valence-electron chi connectivity index (χ0n) is 7.65. The van der Waals surface area contributed by atoms with Crippen LogP contribution in [0.1, 0.15) is 36.9 Å². The summed E-state index contributed by atoms with van der Waals surface area (Å²) >= 11 is 0. The van der Waals surface area contributed by atoms with E-state index in [1.807, 2.05) is 0 Å². The molecular weight excluding hydrogens is 164 g/mol. The predicted octanol–water partition coefficient (Wildman–Crippen LogP) is 2.10. The molecule has 1 heterocycles. The molecule has 0 aromatic carbocycles. The zero-order valence-corrected chi connectivity index (χ0v) is 7.65. The first-order valence-electron chi connectivity index (χ1n) is 4.90. The van der Waals surface area contributed by atoms with Gasteiger partial charge in [-0.15, -0.1) is 0 Å². The van der Waals surface area contributed by atoms with Gasteiger partial charge in [-0.3, -0.25) is 9.36 Å². The Morgan fingerprint density at radius 2 is 2.08 bits per heavy atom. The van der Waals surface area contributed by atoms with Gasteiger partial charge in [-0.2, -0.15) is 0 Å². The summed E-state index contributed by atoms with van der Waals surface area (Å²) in [5.74, 6) is 0.458. The van der Waals surface area contributed by atoms with E-state index in [2.05, 4.69) is 4.98 Å². The first kappa shape index (κ1) is 8.48. The Bertz CT molecular complexity index is 273. The van der Waals surface area contributed by atoms with Gasteiger partial charge in [-0.05, 0) is 12.8 Å². The van der Waals surface area contributed by atoms with Crippen molar-refractivity contribution in [3.05, 3.63) is 18.7 Å². The molecule has 1 fully saturated rings. The van der Waals surface area contributed by atoms with Crippen molar-refractivity contribution < 1.29 is 4.79 Å². The first-order valence-corrected chi connectivity index (χ1v) is 4.90. The number of hydrogen-bond acceptors (Lipinski definition) is 2. The molecule has 0 unspecified atom stereocenters. The third kappa shape index (κ3) is 1.79. The Kier molecular flexibility index (Phi) is 2.43. The molecule has 0 spiro atoms. The predicted molar refractivity (Wildman–Crippen MR) is 49.4 cm³/mol. The minimum absolute atomic E-state index is 0.220. The summed E-state index contributed by atoms with van der Waals surface area (Å²) in [6, 6.07) is 0. The summed E-state index contributed by atoms with van der Waals surface area (Å²) in [6.45, 7) is 0. The summed E-state index contributed by atoms with van der Waals surface area (Å²) in [6.07, 6.45) is 10.8. The largest absolute Gasteiger partial charge is 0.276 e. The lowest BCUT2D eigenvalue weighted by Crippen LogP contribution is -2.22. The van der Waals surface area contributed by atoms with Crippen LogP contribution in [0.2, 0.25) is 0 Å². The van der Waals surface area contributed by atoms with Crippen molar-refractivity contribution in [3.63, 3.8) is 0 Å². The fraction of sp³-hybridized carbons (Fsp3) is 0.600. The average Bonchev–Trinajstić information content (AvgIpc) is 2.71. The molecule has 1 aromatic heterocycles. The van der Waals surface area contributed by atoms with Crippen LogP contribution in [0.3, 0.4) is 0 Å². The molecule has 1 saturated carbocycles. The number of imidazole rings is 1. The Labute approximate surface area is 77.8 Å². The Morgan fingerprint density at radius 1 is 1.31 bits per heavy atom. The van der Waals surface area contributed by atoms with Crippen molar-refractivity contribution in [1.82, 2.24) is 9.55 Å². The lowest BCUT2D eigenvalue weighted by molar-refractivity contribution is 0.0801. The van der Waals surface area contributed by atoms with Crippen LogP contribution in [0.25, 0.3) is 0 Å². The van der Waals surface area contributed by atoms with Gasteiger partial charge in [-0.1, -0.05) is 19.3 Å². The van der Waals surface area contributed by atoms with Crippen molar-refractivity contribution >= 4 is 5.91 Å². The lowest BCUT2D eigenvalue weighted by Gasteiger charge is -2.19. The van der Waals surface area contributed by atoms with Gasteiger partial charge >= 0.3 is 0 Å². The fourth-order valence-electron chi connectivity index (χ4n) is 1.95. The minimum atomic E-state index is 0.220. The maximum Gasteiger partial charge on any atom is 0.234 e. The molecule has 0 amide bonds. The quantitative estimate of drug-likeness (QED) is 0.660. The number of hydrogen-bond donors (Lipinski definition) is 0. The third-order valence-corrected chi connectivity index (χ3v) is 2.71. The van der Waals surface area contributed by atoms with Gasteiger partial charge in [0.05, 0.1) is 0 Å². The van der Waals surface area contributed by atoms with E-state index in [1.54, 1.807) is 23.3 Å². The van der Waals surface area contributed by atoms with Gasteiger partial charge in [0.2, 0.25) is 5.91 Å². The standard InChI is InChI=1S/C10H14N2O/c13-10(12-7-6-11-8-12)9-4-2-1-3-5-9/h6-9H,1-5H2. The molecule has 0 N–H and O–H groups in total. The van der Waals surface area contributed by atoms with Crippen molar-refractivity contribution in [1.29, 1.82) is 0 Å². The molecule has 13 heavy (non-hydrogen) atoms. The number of rotatable bonds is 1. The van der Waals surface area contributed by atoms with Gasteiger partial charge < -0.3 is 0 Å². The first-order chi connectivity index (χ1) is 6.38. The highest BCUT2D eigenvalue weighted by Gasteiger charge is 2.21. The van der Waals surface area contributed by atoms with E-state index in [1.165, 1.54) is 19.3 Å². The molecule has 1 aromatic rings. The monoisotopic (exact) mass is 178 g/mol. The molecular formula is C10H14N2O. The second-order valence-electron chi connectivity index (χ2n) is 3.64. The maximum atomic E-state index is 11.8. The van der Waals surface area contributed by atoms with E-state index in [4.69, 9.17) is 0 Å². The Balaban J connectivity index is 2.04. The normalized spacial score (nSPS) is 18.8. The fourth-order valence-corrected chi connectivity index (χ4v) is 1.95. The summed E-state index contributed by atoms with van der Waals surface area (Å²) < 4.78 is 1.61.